The molecule has 2 aliphatic carbocycles. The summed E-state index contributed by atoms with van der Waals surface area (Å²) in [5.74, 6) is 0.775. The molecule has 0 aromatic heterocycles. The second-order valence-electron chi connectivity index (χ2n) is 7.51. The van der Waals surface area contributed by atoms with Crippen LogP contribution in [0.15, 0.2) is 6.07 Å². The molecule has 0 bridgehead atoms. The Bertz CT molecular complexity index is 727. The summed E-state index contributed by atoms with van der Waals surface area (Å²) >= 11 is 0. The minimum Gasteiger partial charge on any atom is -0.504 e. The minimum absolute atomic E-state index is 0.00510. The topological polar surface area (TPSA) is 76.0 Å². The molecule has 0 radical (unpaired) electrons. The maximum Gasteiger partial charge on any atom is 0.203 e. The number of phenolic OH excluding ortho intramolecular Hbond substituents is 1. The highest BCUT2D eigenvalue weighted by atomic mass is 16.5. The van der Waals surface area contributed by atoms with Crippen molar-refractivity contribution in [3.05, 3.63) is 17.2 Å². The van der Waals surface area contributed by atoms with E-state index in [9.17, 15) is 15.0 Å². The fourth-order valence-electron chi connectivity index (χ4n) is 5.49. The fraction of sp³-hybridized carbons (Fsp3) is 0.632. The van der Waals surface area contributed by atoms with Gasteiger partial charge in [-0.1, -0.05) is 20.3 Å². The second kappa shape index (κ2) is 4.88. The number of benzene rings is 1. The van der Waals surface area contributed by atoms with Crippen LogP contribution in [0.25, 0.3) is 0 Å². The van der Waals surface area contributed by atoms with Crippen molar-refractivity contribution in [2.24, 2.45) is 5.92 Å². The molecule has 1 fully saturated rings. The Morgan fingerprint density at radius 1 is 1.46 bits per heavy atom. The van der Waals surface area contributed by atoms with E-state index in [1.165, 1.54) is 7.11 Å². The third-order valence-corrected chi connectivity index (χ3v) is 6.43. The van der Waals surface area contributed by atoms with Crippen molar-refractivity contribution in [2.75, 3.05) is 7.11 Å². The molecule has 1 aliphatic heterocycles. The number of hydrogen-bond acceptors (Lipinski definition) is 5. The van der Waals surface area contributed by atoms with Crippen LogP contribution in [0.3, 0.4) is 0 Å². The number of methoxy groups -OCH3 is 1. The zero-order valence-electron chi connectivity index (χ0n) is 14.4. The number of ketones is 1. The highest BCUT2D eigenvalue weighted by Gasteiger charge is 2.69. The van der Waals surface area contributed by atoms with Crippen molar-refractivity contribution in [1.29, 1.82) is 0 Å². The number of hydrogen-bond donors (Lipinski definition) is 2. The molecular formula is C19H24O5. The van der Waals surface area contributed by atoms with E-state index < -0.39 is 17.1 Å². The Morgan fingerprint density at radius 3 is 2.88 bits per heavy atom. The van der Waals surface area contributed by atoms with Crippen LogP contribution < -0.4 is 9.47 Å². The van der Waals surface area contributed by atoms with Gasteiger partial charge in [-0.2, -0.15) is 0 Å². The lowest BCUT2D eigenvalue weighted by Crippen LogP contribution is -2.67. The summed E-state index contributed by atoms with van der Waals surface area (Å²) in [5.41, 5.74) is 0.145. The molecule has 1 heterocycles. The Hall–Kier alpha value is -1.75. The first-order valence-corrected chi connectivity index (χ1v) is 8.75. The Balaban J connectivity index is 2.08. The quantitative estimate of drug-likeness (QED) is 0.889. The van der Waals surface area contributed by atoms with Gasteiger partial charge >= 0.3 is 0 Å². The van der Waals surface area contributed by atoms with Crippen LogP contribution in [-0.4, -0.2) is 34.8 Å². The molecule has 5 heteroatoms. The molecule has 0 spiro atoms. The summed E-state index contributed by atoms with van der Waals surface area (Å²) in [5, 5.41) is 22.0. The molecule has 1 aromatic rings. The summed E-state index contributed by atoms with van der Waals surface area (Å²) in [6.07, 6.45) is 2.28. The van der Waals surface area contributed by atoms with E-state index in [2.05, 4.69) is 6.92 Å². The van der Waals surface area contributed by atoms with Crippen molar-refractivity contribution in [3.63, 3.8) is 0 Å². The number of rotatable bonds is 3. The van der Waals surface area contributed by atoms with Crippen LogP contribution in [0.1, 0.15) is 50.7 Å². The van der Waals surface area contributed by atoms with E-state index in [0.717, 1.165) is 17.5 Å². The number of aromatic hydroxyl groups is 1. The van der Waals surface area contributed by atoms with Gasteiger partial charge in [-0.3, -0.25) is 4.79 Å². The van der Waals surface area contributed by atoms with Crippen LogP contribution in [-0.2, 0) is 16.6 Å². The summed E-state index contributed by atoms with van der Waals surface area (Å²) in [6.45, 7) is 4.10. The van der Waals surface area contributed by atoms with Gasteiger partial charge < -0.3 is 19.7 Å². The predicted octanol–water partition coefficient (Wildman–Crippen LogP) is 2.49. The SMILES string of the molecule is CCC[C@]12c3c4cc(O)c(OC)c3O[C@H]1C(=O)CC[C@@]2(O)[C@H](C)C4. The molecular weight excluding hydrogens is 308 g/mol. The first kappa shape index (κ1) is 15.8. The molecule has 1 saturated carbocycles. The molecule has 4 atom stereocenters. The van der Waals surface area contributed by atoms with Crippen LogP contribution in [0.5, 0.6) is 17.2 Å². The smallest absolute Gasteiger partial charge is 0.203 e. The minimum atomic E-state index is -0.970. The molecule has 24 heavy (non-hydrogen) atoms. The Morgan fingerprint density at radius 2 is 2.21 bits per heavy atom. The van der Waals surface area contributed by atoms with Gasteiger partial charge in [0, 0.05) is 12.0 Å². The van der Waals surface area contributed by atoms with Gasteiger partial charge in [0.05, 0.1) is 18.1 Å². The van der Waals surface area contributed by atoms with E-state index in [1.54, 1.807) is 6.07 Å². The van der Waals surface area contributed by atoms with Crippen LogP contribution in [0, 0.1) is 5.92 Å². The summed E-state index contributed by atoms with van der Waals surface area (Å²) < 4.78 is 11.5. The Labute approximate surface area is 141 Å². The van der Waals surface area contributed by atoms with Crippen LogP contribution >= 0.6 is 0 Å². The van der Waals surface area contributed by atoms with Crippen molar-refractivity contribution in [2.45, 2.75) is 63.1 Å². The van der Waals surface area contributed by atoms with Crippen LogP contribution in [0.4, 0.5) is 0 Å². The molecule has 0 saturated heterocycles. The molecule has 4 rings (SSSR count). The highest BCUT2D eigenvalue weighted by Crippen LogP contribution is 2.65. The van der Waals surface area contributed by atoms with Crippen molar-refractivity contribution in [1.82, 2.24) is 0 Å². The van der Waals surface area contributed by atoms with Gasteiger partial charge in [0.1, 0.15) is 0 Å². The van der Waals surface area contributed by atoms with Gasteiger partial charge in [0.2, 0.25) is 5.75 Å². The number of carbonyl (C=O) groups is 1. The van der Waals surface area contributed by atoms with E-state index in [1.807, 2.05) is 6.92 Å². The van der Waals surface area contributed by atoms with Gasteiger partial charge in [-0.05, 0) is 36.8 Å². The number of ether oxygens (including phenoxy) is 2. The molecule has 130 valence electrons. The summed E-state index contributed by atoms with van der Waals surface area (Å²) in [7, 11) is 1.48. The zero-order chi connectivity index (χ0) is 17.3. The third kappa shape index (κ3) is 1.56. The third-order valence-electron chi connectivity index (χ3n) is 6.43. The molecule has 0 unspecified atom stereocenters. The second-order valence-corrected chi connectivity index (χ2v) is 7.51. The number of Topliss-reactive ketones (excluding diaryl/α,β-unsaturated/α-hetero) is 1. The molecule has 3 aliphatic rings. The summed E-state index contributed by atoms with van der Waals surface area (Å²) in [6, 6.07) is 1.72. The average Bonchev–Trinajstić information content (AvgIpc) is 2.88. The standard InChI is InChI=1S/C19H24O5/c1-4-6-18-14-11-8-10(2)19(18,22)7-5-12(20)17(18)24-16(14)15(23-3)13(21)9-11/h9-10,17,21-22H,4-8H2,1-3H3/t10-,17+,18+,19-/m1/s1. The van der Waals surface area contributed by atoms with Crippen LogP contribution in [0.2, 0.25) is 0 Å². The largest absolute Gasteiger partial charge is 0.504 e. The number of aliphatic hydroxyl groups is 1. The summed E-state index contributed by atoms with van der Waals surface area (Å²) in [4.78, 5) is 12.7. The molecule has 0 amide bonds. The molecule has 5 nitrogen and oxygen atoms in total. The lowest BCUT2D eigenvalue weighted by atomic mass is 9.49. The van der Waals surface area contributed by atoms with Crippen molar-refractivity contribution >= 4 is 5.78 Å². The van der Waals surface area contributed by atoms with E-state index in [4.69, 9.17) is 9.47 Å². The van der Waals surface area contributed by atoms with Gasteiger partial charge in [0.25, 0.3) is 0 Å². The Kier molecular flexibility index (Phi) is 3.21. The average molecular weight is 332 g/mol. The van der Waals surface area contributed by atoms with Gasteiger partial charge in [-0.15, -0.1) is 0 Å². The van der Waals surface area contributed by atoms with E-state index in [0.29, 0.717) is 31.4 Å². The normalized spacial score (nSPS) is 36.2. The lowest BCUT2D eigenvalue weighted by Gasteiger charge is -2.56. The molecule has 1 aromatic carbocycles. The highest BCUT2D eigenvalue weighted by molar-refractivity contribution is 5.90. The fourth-order valence-corrected chi connectivity index (χ4v) is 5.49. The first-order valence-electron chi connectivity index (χ1n) is 8.75. The zero-order valence-corrected chi connectivity index (χ0v) is 14.4. The number of phenols is 1. The predicted molar refractivity (Wildman–Crippen MR) is 87.7 cm³/mol. The van der Waals surface area contributed by atoms with Crippen molar-refractivity contribution in [3.8, 4) is 17.2 Å². The van der Waals surface area contributed by atoms with Crippen molar-refractivity contribution < 1.29 is 24.5 Å². The van der Waals surface area contributed by atoms with E-state index >= 15 is 0 Å². The maximum absolute atomic E-state index is 12.7. The van der Waals surface area contributed by atoms with Gasteiger partial charge in [-0.25, -0.2) is 0 Å². The first-order chi connectivity index (χ1) is 11.4. The number of carbonyl (C=O) groups excluding carboxylic acids is 1. The van der Waals surface area contributed by atoms with E-state index in [-0.39, 0.29) is 23.2 Å². The molecule has 2 N–H and O–H groups in total. The monoisotopic (exact) mass is 332 g/mol. The maximum atomic E-state index is 12.7. The van der Waals surface area contributed by atoms with Gasteiger partial charge in [0.15, 0.2) is 23.4 Å². The lowest BCUT2D eigenvalue weighted by molar-refractivity contribution is -0.164.